The first-order chi connectivity index (χ1) is 14.5. The van der Waals surface area contributed by atoms with Gasteiger partial charge in [-0.15, -0.1) is 0 Å². The molecule has 0 aliphatic heterocycles. The summed E-state index contributed by atoms with van der Waals surface area (Å²) in [6.07, 6.45) is 0.0461. The van der Waals surface area contributed by atoms with E-state index in [4.69, 9.17) is 22.0 Å². The molecule has 176 valence electrons. The van der Waals surface area contributed by atoms with E-state index in [2.05, 4.69) is 33.9 Å². The van der Waals surface area contributed by atoms with Crippen LogP contribution in [0.3, 0.4) is 0 Å². The molecule has 14 nitrogen and oxygen atoms in total. The Bertz CT molecular complexity index is 677. The highest BCUT2D eigenvalue weighted by molar-refractivity contribution is 7.80. The highest BCUT2D eigenvalue weighted by Crippen LogP contribution is 2.02. The van der Waals surface area contributed by atoms with E-state index in [1.807, 2.05) is 0 Å². The number of guanidine groups is 1. The molecule has 3 amide bonds. The number of carboxylic acid groups (broad SMARTS) is 2. The molecule has 0 aliphatic rings. The van der Waals surface area contributed by atoms with Crippen LogP contribution in [0.25, 0.3) is 0 Å². The van der Waals surface area contributed by atoms with Crippen molar-refractivity contribution in [3.05, 3.63) is 0 Å². The smallest absolute Gasteiger partial charge is 0.326 e. The van der Waals surface area contributed by atoms with E-state index in [0.29, 0.717) is 13.0 Å². The fraction of sp³-hybridized carbons (Fsp3) is 0.625. The average molecular weight is 464 g/mol. The Kier molecular flexibility index (Phi) is 13.4. The van der Waals surface area contributed by atoms with Gasteiger partial charge in [-0.1, -0.05) is 0 Å². The summed E-state index contributed by atoms with van der Waals surface area (Å²) < 4.78 is 0. The quantitative estimate of drug-likeness (QED) is 0.0497. The zero-order chi connectivity index (χ0) is 24.0. The van der Waals surface area contributed by atoms with Crippen molar-refractivity contribution in [3.8, 4) is 0 Å². The lowest BCUT2D eigenvalue weighted by molar-refractivity contribution is -0.142. The van der Waals surface area contributed by atoms with Gasteiger partial charge in [0.25, 0.3) is 0 Å². The zero-order valence-corrected chi connectivity index (χ0v) is 17.6. The van der Waals surface area contributed by atoms with E-state index >= 15 is 0 Å². The van der Waals surface area contributed by atoms with Crippen LogP contribution in [-0.4, -0.2) is 82.8 Å². The summed E-state index contributed by atoms with van der Waals surface area (Å²) >= 11 is 3.92. The summed E-state index contributed by atoms with van der Waals surface area (Å²) in [5.41, 5.74) is 10.8. The first-order valence-corrected chi connectivity index (χ1v) is 9.87. The maximum Gasteiger partial charge on any atom is 0.326 e. The van der Waals surface area contributed by atoms with Crippen molar-refractivity contribution in [2.45, 2.75) is 43.8 Å². The van der Waals surface area contributed by atoms with Gasteiger partial charge in [-0.25, -0.2) is 4.79 Å². The van der Waals surface area contributed by atoms with Crippen molar-refractivity contribution in [1.82, 2.24) is 21.3 Å². The van der Waals surface area contributed by atoms with E-state index in [-0.39, 0.29) is 31.0 Å². The number of nitrogens with one attached hydrogen (secondary N) is 5. The Labute approximate surface area is 183 Å². The fourth-order valence-electron chi connectivity index (χ4n) is 2.23. The Morgan fingerprint density at radius 2 is 1.61 bits per heavy atom. The van der Waals surface area contributed by atoms with Crippen LogP contribution in [0.2, 0.25) is 0 Å². The summed E-state index contributed by atoms with van der Waals surface area (Å²) in [4.78, 5) is 57.7. The van der Waals surface area contributed by atoms with Crippen LogP contribution in [0, 0.1) is 5.41 Å². The maximum absolute atomic E-state index is 12.1. The van der Waals surface area contributed by atoms with Crippen LogP contribution >= 0.6 is 12.6 Å². The number of rotatable bonds is 15. The molecule has 0 heterocycles. The van der Waals surface area contributed by atoms with E-state index in [1.165, 1.54) is 0 Å². The van der Waals surface area contributed by atoms with Crippen molar-refractivity contribution in [1.29, 1.82) is 5.41 Å². The molecule has 0 rings (SSSR count). The molecule has 0 aliphatic carbocycles. The molecule has 3 atom stereocenters. The average Bonchev–Trinajstić information content (AvgIpc) is 2.69. The van der Waals surface area contributed by atoms with Crippen LogP contribution in [-0.2, 0) is 24.0 Å². The number of nitrogens with two attached hydrogens (primary N) is 2. The second kappa shape index (κ2) is 14.8. The van der Waals surface area contributed by atoms with Crippen LogP contribution in [0.1, 0.15) is 25.7 Å². The van der Waals surface area contributed by atoms with Crippen LogP contribution in [0.5, 0.6) is 0 Å². The number of carbonyl (C=O) groups excluding carboxylic acids is 3. The van der Waals surface area contributed by atoms with E-state index < -0.39 is 54.3 Å². The van der Waals surface area contributed by atoms with Gasteiger partial charge in [-0.2, -0.15) is 12.6 Å². The van der Waals surface area contributed by atoms with Gasteiger partial charge in [0.05, 0.1) is 6.04 Å². The number of hydrogen-bond donors (Lipinski definition) is 10. The van der Waals surface area contributed by atoms with Crippen molar-refractivity contribution < 1.29 is 34.2 Å². The van der Waals surface area contributed by atoms with Gasteiger partial charge in [0.2, 0.25) is 17.7 Å². The molecule has 0 fully saturated rings. The highest BCUT2D eigenvalue weighted by atomic mass is 32.1. The number of hydrogen-bond acceptors (Lipinski definition) is 8. The lowest BCUT2D eigenvalue weighted by atomic mass is 10.1. The monoisotopic (exact) mass is 463 g/mol. The molecule has 0 aromatic heterocycles. The van der Waals surface area contributed by atoms with Gasteiger partial charge < -0.3 is 42.9 Å². The number of thiol groups is 1. The van der Waals surface area contributed by atoms with Gasteiger partial charge in [0, 0.05) is 18.7 Å². The van der Waals surface area contributed by atoms with Gasteiger partial charge in [0.15, 0.2) is 5.96 Å². The standard InChI is InChI=1S/C16H29N7O7S/c17-8(2-1-5-20-16(18)19)13(27)23-9(15(29)30)3-4-11(24)22-10(7-31)14(28)21-6-12(25)26/h8-10,31H,1-7,17H2,(H,21,28)(H,22,24)(H,23,27)(H,25,26)(H,29,30)(H4,18,19,20)/t8-,9-,10-/m0/s1. The summed E-state index contributed by atoms with van der Waals surface area (Å²) in [7, 11) is 0. The molecule has 0 radical (unpaired) electrons. The summed E-state index contributed by atoms with van der Waals surface area (Å²) in [6, 6.07) is -3.48. The highest BCUT2D eigenvalue weighted by Gasteiger charge is 2.25. The molecule has 0 saturated heterocycles. The second-order valence-corrected chi connectivity index (χ2v) is 6.81. The molecule has 0 spiro atoms. The lowest BCUT2D eigenvalue weighted by Gasteiger charge is -2.19. The summed E-state index contributed by atoms with van der Waals surface area (Å²) in [5.74, 6) is -5.09. The number of amides is 3. The molecule has 0 aromatic carbocycles. The Morgan fingerprint density at radius 1 is 0.968 bits per heavy atom. The minimum Gasteiger partial charge on any atom is -0.480 e. The number of carbonyl (C=O) groups is 5. The molecule has 15 heteroatoms. The van der Waals surface area contributed by atoms with Gasteiger partial charge in [-0.3, -0.25) is 24.6 Å². The fourth-order valence-corrected chi connectivity index (χ4v) is 2.49. The van der Waals surface area contributed by atoms with Gasteiger partial charge >= 0.3 is 11.9 Å². The lowest BCUT2D eigenvalue weighted by Crippen LogP contribution is -2.50. The summed E-state index contributed by atoms with van der Waals surface area (Å²) in [6.45, 7) is -0.303. The molecule has 11 N–H and O–H groups in total. The van der Waals surface area contributed by atoms with Crippen molar-refractivity contribution in [2.24, 2.45) is 11.5 Å². The van der Waals surface area contributed by atoms with Crippen molar-refractivity contribution in [2.75, 3.05) is 18.8 Å². The van der Waals surface area contributed by atoms with Crippen LogP contribution in [0.4, 0.5) is 0 Å². The van der Waals surface area contributed by atoms with E-state index in [0.717, 1.165) is 0 Å². The SMILES string of the molecule is N=C(N)NCCC[C@H](N)C(=O)N[C@@H](CCC(=O)N[C@@H](CS)C(=O)NCC(=O)O)C(=O)O. The van der Waals surface area contributed by atoms with E-state index in [9.17, 15) is 29.1 Å². The first-order valence-electron chi connectivity index (χ1n) is 9.24. The van der Waals surface area contributed by atoms with Crippen LogP contribution in [0.15, 0.2) is 0 Å². The van der Waals surface area contributed by atoms with Gasteiger partial charge in [-0.05, 0) is 19.3 Å². The van der Waals surface area contributed by atoms with Crippen LogP contribution < -0.4 is 32.7 Å². The predicted molar refractivity (Wildman–Crippen MR) is 112 cm³/mol. The topological polar surface area (TPSA) is 250 Å². The third kappa shape index (κ3) is 13.0. The zero-order valence-electron chi connectivity index (χ0n) is 16.7. The number of aliphatic carboxylic acids is 2. The molecular weight excluding hydrogens is 434 g/mol. The third-order valence-corrected chi connectivity index (χ3v) is 4.23. The molecular formula is C16H29N7O7S. The normalized spacial score (nSPS) is 13.2. The minimum absolute atomic E-state index is 0.108. The molecule has 31 heavy (non-hydrogen) atoms. The predicted octanol–water partition coefficient (Wildman–Crippen LogP) is -3.46. The first kappa shape index (κ1) is 27.9. The second-order valence-electron chi connectivity index (χ2n) is 6.44. The Morgan fingerprint density at radius 3 is 2.13 bits per heavy atom. The summed E-state index contributed by atoms with van der Waals surface area (Å²) in [5, 5.41) is 34.0. The maximum atomic E-state index is 12.1. The minimum atomic E-state index is -1.38. The molecule has 0 aromatic rings. The largest absolute Gasteiger partial charge is 0.480 e. The third-order valence-electron chi connectivity index (χ3n) is 3.87. The Hall–Kier alpha value is -3.07. The van der Waals surface area contributed by atoms with Gasteiger partial charge in [0.1, 0.15) is 18.6 Å². The molecule has 0 bridgehead atoms. The molecule has 0 unspecified atom stereocenters. The Balaban J connectivity index is 4.56. The molecule has 0 saturated carbocycles. The van der Waals surface area contributed by atoms with Crippen molar-refractivity contribution in [3.63, 3.8) is 0 Å². The van der Waals surface area contributed by atoms with E-state index in [1.54, 1.807) is 0 Å². The van der Waals surface area contributed by atoms with Crippen molar-refractivity contribution >= 4 is 48.2 Å². The number of carboxylic acids is 2.